The molecule has 0 radical (unpaired) electrons. The Balaban J connectivity index is 3.07. The Morgan fingerprint density at radius 1 is 1.42 bits per heavy atom. The first-order chi connectivity index (χ1) is 8.72. The van der Waals surface area contributed by atoms with Crippen molar-refractivity contribution in [2.75, 3.05) is 13.7 Å². The van der Waals surface area contributed by atoms with Gasteiger partial charge in [-0.3, -0.25) is 0 Å². The number of sulfonamides is 1. The predicted molar refractivity (Wildman–Crippen MR) is 68.6 cm³/mol. The van der Waals surface area contributed by atoms with Crippen LogP contribution < -0.4 is 4.72 Å². The summed E-state index contributed by atoms with van der Waals surface area (Å²) in [5.41, 5.74) is -0.539. The van der Waals surface area contributed by atoms with Gasteiger partial charge in [0.25, 0.3) is 0 Å². The summed E-state index contributed by atoms with van der Waals surface area (Å²) in [4.78, 5) is -0.450. The molecule has 0 bridgehead atoms. The maximum Gasteiger partial charge on any atom is 0.244 e. The van der Waals surface area contributed by atoms with Crippen molar-refractivity contribution in [3.63, 3.8) is 0 Å². The summed E-state index contributed by atoms with van der Waals surface area (Å²) in [7, 11) is -2.53. The number of methoxy groups -OCH3 is 1. The predicted octanol–water partition coefficient (Wildman–Crippen LogP) is 1.02. The molecule has 5 nitrogen and oxygen atoms in total. The number of benzene rings is 1. The fourth-order valence-electron chi connectivity index (χ4n) is 1.67. The quantitative estimate of drug-likeness (QED) is 0.820. The lowest BCUT2D eigenvalue weighted by Gasteiger charge is -2.25. The molecule has 0 amide bonds. The van der Waals surface area contributed by atoms with E-state index in [0.29, 0.717) is 5.56 Å². The average molecular weight is 291 g/mol. The second kappa shape index (κ2) is 5.96. The van der Waals surface area contributed by atoms with Crippen LogP contribution in [0.5, 0.6) is 0 Å². The molecule has 0 atom stereocenters. The summed E-state index contributed by atoms with van der Waals surface area (Å²) in [6, 6.07) is 3.49. The highest BCUT2D eigenvalue weighted by atomic mass is 32.2. The van der Waals surface area contributed by atoms with Crippen LogP contribution in [0.15, 0.2) is 23.1 Å². The third kappa shape index (κ3) is 4.24. The molecule has 0 aromatic heterocycles. The summed E-state index contributed by atoms with van der Waals surface area (Å²) >= 11 is 0. The van der Waals surface area contributed by atoms with Gasteiger partial charge in [-0.2, -0.15) is 0 Å². The largest absolute Gasteiger partial charge is 0.392 e. The smallest absolute Gasteiger partial charge is 0.244 e. The second-order valence-corrected chi connectivity index (χ2v) is 6.50. The monoisotopic (exact) mass is 291 g/mol. The molecule has 0 heterocycles. The minimum Gasteiger partial charge on any atom is -0.392 e. The van der Waals surface area contributed by atoms with E-state index in [1.807, 2.05) is 0 Å². The van der Waals surface area contributed by atoms with Crippen molar-refractivity contribution in [2.45, 2.75) is 30.9 Å². The van der Waals surface area contributed by atoms with Crippen molar-refractivity contribution >= 4 is 10.0 Å². The molecule has 2 N–H and O–H groups in total. The van der Waals surface area contributed by atoms with E-state index in [1.165, 1.54) is 13.2 Å². The first kappa shape index (κ1) is 16.0. The van der Waals surface area contributed by atoms with Gasteiger partial charge >= 0.3 is 0 Å². The van der Waals surface area contributed by atoms with Crippen LogP contribution in [-0.2, 0) is 21.4 Å². The van der Waals surface area contributed by atoms with Crippen LogP contribution in [-0.4, -0.2) is 32.8 Å². The Bertz CT molecular complexity index is 543. The van der Waals surface area contributed by atoms with Gasteiger partial charge < -0.3 is 9.84 Å². The third-order valence-corrected chi connectivity index (χ3v) is 4.12. The molecule has 0 aliphatic rings. The number of hydrogen-bond donors (Lipinski definition) is 2. The molecule has 7 heteroatoms. The number of ether oxygens (including phenoxy) is 1. The molecule has 0 aliphatic carbocycles. The van der Waals surface area contributed by atoms with E-state index in [2.05, 4.69) is 4.72 Å². The van der Waals surface area contributed by atoms with E-state index in [4.69, 9.17) is 9.84 Å². The van der Waals surface area contributed by atoms with Crippen LogP contribution in [0.4, 0.5) is 4.39 Å². The van der Waals surface area contributed by atoms with Crippen LogP contribution in [0.1, 0.15) is 19.4 Å². The molecule has 0 unspecified atom stereocenters. The molecule has 1 aromatic carbocycles. The minimum absolute atomic E-state index is 0.155. The summed E-state index contributed by atoms with van der Waals surface area (Å²) in [5, 5.41) is 8.86. The van der Waals surface area contributed by atoms with E-state index < -0.39 is 26.3 Å². The Morgan fingerprint density at radius 3 is 2.53 bits per heavy atom. The SMILES string of the molecule is COCC(C)(C)NS(=O)(=O)c1ccc(CO)cc1F. The molecule has 19 heavy (non-hydrogen) atoms. The Labute approximate surface area is 112 Å². The van der Waals surface area contributed by atoms with Gasteiger partial charge in [-0.15, -0.1) is 0 Å². The molecular weight excluding hydrogens is 273 g/mol. The normalized spacial score (nSPS) is 12.7. The van der Waals surface area contributed by atoms with Gasteiger partial charge in [-0.05, 0) is 31.5 Å². The summed E-state index contributed by atoms with van der Waals surface area (Å²) < 4.78 is 45.2. The van der Waals surface area contributed by atoms with Gasteiger partial charge in [0, 0.05) is 7.11 Å². The number of hydrogen-bond acceptors (Lipinski definition) is 4. The van der Waals surface area contributed by atoms with Gasteiger partial charge in [0.2, 0.25) is 10.0 Å². The fourth-order valence-corrected chi connectivity index (χ4v) is 3.13. The molecule has 1 rings (SSSR count). The first-order valence-electron chi connectivity index (χ1n) is 5.64. The van der Waals surface area contributed by atoms with Crippen molar-refractivity contribution in [3.8, 4) is 0 Å². The van der Waals surface area contributed by atoms with Gasteiger partial charge in [-0.25, -0.2) is 17.5 Å². The number of aliphatic hydroxyl groups excluding tert-OH is 1. The van der Waals surface area contributed by atoms with E-state index in [0.717, 1.165) is 12.1 Å². The van der Waals surface area contributed by atoms with Gasteiger partial charge in [-0.1, -0.05) is 6.07 Å². The first-order valence-corrected chi connectivity index (χ1v) is 7.12. The Morgan fingerprint density at radius 2 is 2.05 bits per heavy atom. The van der Waals surface area contributed by atoms with Gasteiger partial charge in [0.15, 0.2) is 0 Å². The zero-order valence-electron chi connectivity index (χ0n) is 11.1. The van der Waals surface area contributed by atoms with Gasteiger partial charge in [0.05, 0.1) is 18.8 Å². The van der Waals surface area contributed by atoms with Crippen LogP contribution in [0.25, 0.3) is 0 Å². The molecule has 0 saturated carbocycles. The van der Waals surface area contributed by atoms with Crippen molar-refractivity contribution < 1.29 is 22.7 Å². The highest BCUT2D eigenvalue weighted by Crippen LogP contribution is 2.18. The zero-order valence-corrected chi connectivity index (χ0v) is 11.9. The fraction of sp³-hybridized carbons (Fsp3) is 0.500. The maximum absolute atomic E-state index is 13.7. The molecule has 1 aromatic rings. The summed E-state index contributed by atoms with van der Waals surface area (Å²) in [6.45, 7) is 3.07. The third-order valence-electron chi connectivity index (χ3n) is 2.38. The zero-order chi connectivity index (χ0) is 14.7. The lowest BCUT2D eigenvalue weighted by atomic mass is 10.1. The number of aliphatic hydroxyl groups is 1. The van der Waals surface area contributed by atoms with Crippen molar-refractivity contribution in [1.82, 2.24) is 4.72 Å². The van der Waals surface area contributed by atoms with E-state index in [1.54, 1.807) is 13.8 Å². The number of nitrogens with one attached hydrogen (secondary N) is 1. The molecule has 0 saturated heterocycles. The number of halogens is 1. The molecule has 0 aliphatic heterocycles. The highest BCUT2D eigenvalue weighted by Gasteiger charge is 2.28. The van der Waals surface area contributed by atoms with Crippen molar-refractivity contribution in [2.24, 2.45) is 0 Å². The Hall–Kier alpha value is -1.02. The van der Waals surface area contributed by atoms with Crippen LogP contribution in [0, 0.1) is 5.82 Å². The second-order valence-electron chi connectivity index (χ2n) is 4.85. The molecule has 0 spiro atoms. The van der Waals surface area contributed by atoms with E-state index in [9.17, 15) is 12.8 Å². The standard InChI is InChI=1S/C12H18FNO4S/c1-12(2,8-18-3)14-19(16,17)11-5-4-9(7-15)6-10(11)13/h4-6,14-15H,7-8H2,1-3H3. The maximum atomic E-state index is 13.7. The number of rotatable bonds is 6. The highest BCUT2D eigenvalue weighted by molar-refractivity contribution is 7.89. The van der Waals surface area contributed by atoms with Crippen LogP contribution in [0.2, 0.25) is 0 Å². The minimum atomic E-state index is -3.98. The molecule has 108 valence electrons. The van der Waals surface area contributed by atoms with Crippen molar-refractivity contribution in [3.05, 3.63) is 29.6 Å². The van der Waals surface area contributed by atoms with Crippen LogP contribution in [0.3, 0.4) is 0 Å². The Kier molecular flexibility index (Phi) is 5.03. The van der Waals surface area contributed by atoms with Crippen molar-refractivity contribution in [1.29, 1.82) is 0 Å². The topological polar surface area (TPSA) is 75.6 Å². The average Bonchev–Trinajstić information content (AvgIpc) is 2.26. The van der Waals surface area contributed by atoms with Crippen LogP contribution >= 0.6 is 0 Å². The lowest BCUT2D eigenvalue weighted by molar-refractivity contribution is 0.141. The summed E-state index contributed by atoms with van der Waals surface area (Å²) in [6.07, 6.45) is 0. The van der Waals surface area contributed by atoms with E-state index in [-0.39, 0.29) is 13.2 Å². The molecule has 0 fully saturated rings. The summed E-state index contributed by atoms with van der Waals surface area (Å²) in [5.74, 6) is -0.896. The van der Waals surface area contributed by atoms with Gasteiger partial charge in [0.1, 0.15) is 10.7 Å². The lowest BCUT2D eigenvalue weighted by Crippen LogP contribution is -2.46. The molecular formula is C12H18FNO4S. The van der Waals surface area contributed by atoms with E-state index >= 15 is 0 Å².